The van der Waals surface area contributed by atoms with Crippen molar-refractivity contribution in [1.82, 2.24) is 10.2 Å². The number of hydrogen-bond acceptors (Lipinski definition) is 3. The first-order valence-corrected chi connectivity index (χ1v) is 7.73. The molecule has 1 aliphatic heterocycles. The highest BCUT2D eigenvalue weighted by Crippen LogP contribution is 2.46. The highest BCUT2D eigenvalue weighted by atomic mass is 19.4. The first-order chi connectivity index (χ1) is 11.3. The summed E-state index contributed by atoms with van der Waals surface area (Å²) in [6.45, 7) is 0.549. The fourth-order valence-corrected chi connectivity index (χ4v) is 2.95. The molecule has 0 spiro atoms. The molecule has 5 nitrogen and oxygen atoms in total. The molecular formula is C16H17F3N2O3. The van der Waals surface area contributed by atoms with Gasteiger partial charge >= 0.3 is 6.36 Å². The van der Waals surface area contributed by atoms with Gasteiger partial charge in [-0.1, -0.05) is 12.1 Å². The lowest BCUT2D eigenvalue weighted by molar-refractivity contribution is -0.274. The number of rotatable bonds is 5. The number of nitrogens with one attached hydrogen (secondary N) is 1. The molecule has 1 N–H and O–H groups in total. The van der Waals surface area contributed by atoms with Gasteiger partial charge in [-0.05, 0) is 37.0 Å². The van der Waals surface area contributed by atoms with Crippen LogP contribution < -0.4 is 10.1 Å². The van der Waals surface area contributed by atoms with Crippen LogP contribution in [0.15, 0.2) is 24.3 Å². The average Bonchev–Trinajstić information content (AvgIpc) is 3.15. The van der Waals surface area contributed by atoms with E-state index in [1.54, 1.807) is 6.07 Å². The Bertz CT molecular complexity index is 656. The van der Waals surface area contributed by atoms with Crippen molar-refractivity contribution in [3.8, 4) is 5.75 Å². The number of benzene rings is 1. The second kappa shape index (κ2) is 5.99. The molecule has 2 aliphatic rings. The van der Waals surface area contributed by atoms with Gasteiger partial charge < -0.3 is 15.0 Å². The van der Waals surface area contributed by atoms with E-state index in [4.69, 9.17) is 0 Å². The molecule has 1 saturated heterocycles. The van der Waals surface area contributed by atoms with Gasteiger partial charge in [0.25, 0.3) is 0 Å². The van der Waals surface area contributed by atoms with Crippen LogP contribution in [0, 0.1) is 0 Å². The maximum atomic E-state index is 12.3. The van der Waals surface area contributed by atoms with E-state index >= 15 is 0 Å². The number of hydrogen-bond donors (Lipinski definition) is 1. The first kappa shape index (κ1) is 16.6. The monoisotopic (exact) mass is 342 g/mol. The predicted octanol–water partition coefficient (Wildman–Crippen LogP) is 2.31. The Morgan fingerprint density at radius 3 is 2.67 bits per heavy atom. The summed E-state index contributed by atoms with van der Waals surface area (Å²) in [6, 6.07) is 5.64. The maximum absolute atomic E-state index is 12.3. The molecular weight excluding hydrogens is 325 g/mol. The van der Waals surface area contributed by atoms with Gasteiger partial charge in [-0.25, -0.2) is 0 Å². The standard InChI is InChI=1S/C16H17F3N2O3/c17-16(18,19)24-12-4-1-3-11(9-12)15(6-7-15)20-13(22)10-21-8-2-5-14(21)23/h1,3-4,9H,2,5-8,10H2,(H,20,22). The zero-order valence-corrected chi connectivity index (χ0v) is 12.9. The molecule has 8 heteroatoms. The number of nitrogens with zero attached hydrogens (tertiary/aromatic N) is 1. The molecule has 2 fully saturated rings. The van der Waals surface area contributed by atoms with Crippen LogP contribution in [0.4, 0.5) is 13.2 Å². The molecule has 1 aliphatic carbocycles. The smallest absolute Gasteiger partial charge is 0.406 e. The van der Waals surface area contributed by atoms with E-state index < -0.39 is 11.9 Å². The number of likely N-dealkylation sites (tertiary alicyclic amines) is 1. The molecule has 0 aromatic heterocycles. The largest absolute Gasteiger partial charge is 0.573 e. The number of alkyl halides is 3. The summed E-state index contributed by atoms with van der Waals surface area (Å²) in [5.74, 6) is -0.657. The van der Waals surface area contributed by atoms with E-state index in [1.165, 1.54) is 23.1 Å². The third kappa shape index (κ3) is 3.80. The Balaban J connectivity index is 1.66. The van der Waals surface area contributed by atoms with E-state index in [1.807, 2.05) is 0 Å². The fourth-order valence-electron chi connectivity index (χ4n) is 2.95. The highest BCUT2D eigenvalue weighted by molar-refractivity contribution is 5.86. The number of ether oxygens (including phenoxy) is 1. The quantitative estimate of drug-likeness (QED) is 0.893. The zero-order valence-electron chi connectivity index (χ0n) is 12.9. The molecule has 1 aromatic carbocycles. The van der Waals surface area contributed by atoms with Crippen LogP contribution in [0.2, 0.25) is 0 Å². The van der Waals surface area contributed by atoms with Crippen molar-refractivity contribution < 1.29 is 27.5 Å². The van der Waals surface area contributed by atoms with Crippen molar-refractivity contribution in [3.63, 3.8) is 0 Å². The molecule has 1 heterocycles. The minimum absolute atomic E-state index is 0.0146. The lowest BCUT2D eigenvalue weighted by Gasteiger charge is -2.21. The predicted molar refractivity (Wildman–Crippen MR) is 78.0 cm³/mol. The van der Waals surface area contributed by atoms with Crippen molar-refractivity contribution in [2.24, 2.45) is 0 Å². The van der Waals surface area contributed by atoms with Crippen LogP contribution >= 0.6 is 0 Å². The summed E-state index contributed by atoms with van der Waals surface area (Å²) in [7, 11) is 0. The molecule has 3 rings (SSSR count). The molecule has 130 valence electrons. The third-order valence-corrected chi connectivity index (χ3v) is 4.25. The minimum atomic E-state index is -4.76. The lowest BCUT2D eigenvalue weighted by Crippen LogP contribution is -2.42. The van der Waals surface area contributed by atoms with Crippen LogP contribution in [-0.2, 0) is 15.1 Å². The van der Waals surface area contributed by atoms with E-state index in [0.717, 1.165) is 6.42 Å². The molecule has 0 unspecified atom stereocenters. The summed E-state index contributed by atoms with van der Waals surface area (Å²) in [5.41, 5.74) is -0.0875. The molecule has 1 aromatic rings. The summed E-state index contributed by atoms with van der Waals surface area (Å²) in [6.07, 6.45) is -2.28. The summed E-state index contributed by atoms with van der Waals surface area (Å²) in [4.78, 5) is 25.2. The van der Waals surface area contributed by atoms with E-state index in [2.05, 4.69) is 10.1 Å². The maximum Gasteiger partial charge on any atom is 0.573 e. The average molecular weight is 342 g/mol. The van der Waals surface area contributed by atoms with Gasteiger partial charge in [-0.2, -0.15) is 0 Å². The Hall–Kier alpha value is -2.25. The molecule has 0 bridgehead atoms. The number of halogens is 3. The Morgan fingerprint density at radius 2 is 2.08 bits per heavy atom. The van der Waals surface area contributed by atoms with Crippen molar-refractivity contribution in [1.29, 1.82) is 0 Å². The van der Waals surface area contributed by atoms with Gasteiger partial charge in [-0.15, -0.1) is 13.2 Å². The second-order valence-electron chi connectivity index (χ2n) is 6.12. The van der Waals surface area contributed by atoms with E-state index in [0.29, 0.717) is 31.4 Å². The lowest BCUT2D eigenvalue weighted by atomic mass is 10.0. The minimum Gasteiger partial charge on any atom is -0.406 e. The molecule has 1 saturated carbocycles. The highest BCUT2D eigenvalue weighted by Gasteiger charge is 2.46. The summed E-state index contributed by atoms with van der Waals surface area (Å²) >= 11 is 0. The van der Waals surface area contributed by atoms with Gasteiger partial charge in [0, 0.05) is 13.0 Å². The SMILES string of the molecule is O=C(CN1CCCC1=O)NC1(c2cccc(OC(F)(F)F)c2)CC1. The van der Waals surface area contributed by atoms with Gasteiger partial charge in [0.1, 0.15) is 5.75 Å². The number of amides is 2. The van der Waals surface area contributed by atoms with E-state index in [9.17, 15) is 22.8 Å². The van der Waals surface area contributed by atoms with Crippen LogP contribution in [0.1, 0.15) is 31.2 Å². The van der Waals surface area contributed by atoms with Crippen molar-refractivity contribution in [2.45, 2.75) is 37.6 Å². The normalized spacial score (nSPS) is 19.3. The first-order valence-electron chi connectivity index (χ1n) is 7.73. The van der Waals surface area contributed by atoms with Crippen LogP contribution in [-0.4, -0.2) is 36.2 Å². The van der Waals surface area contributed by atoms with Crippen LogP contribution in [0.25, 0.3) is 0 Å². The van der Waals surface area contributed by atoms with Gasteiger partial charge in [0.05, 0.1) is 12.1 Å². The van der Waals surface area contributed by atoms with Gasteiger partial charge in [0.2, 0.25) is 11.8 Å². The fraction of sp³-hybridized carbons (Fsp3) is 0.500. The Morgan fingerprint density at radius 1 is 1.33 bits per heavy atom. The Kier molecular flexibility index (Phi) is 4.15. The molecule has 0 atom stereocenters. The van der Waals surface area contributed by atoms with E-state index in [-0.39, 0.29) is 24.1 Å². The van der Waals surface area contributed by atoms with Crippen LogP contribution in [0.5, 0.6) is 5.75 Å². The van der Waals surface area contributed by atoms with Crippen molar-refractivity contribution in [3.05, 3.63) is 29.8 Å². The van der Waals surface area contributed by atoms with Gasteiger partial charge in [0.15, 0.2) is 0 Å². The molecule has 2 amide bonds. The topological polar surface area (TPSA) is 58.6 Å². The second-order valence-corrected chi connectivity index (χ2v) is 6.12. The molecule has 0 radical (unpaired) electrons. The van der Waals surface area contributed by atoms with Crippen LogP contribution in [0.3, 0.4) is 0 Å². The number of carbonyl (C=O) groups excluding carboxylic acids is 2. The molecule has 24 heavy (non-hydrogen) atoms. The van der Waals surface area contributed by atoms with Crippen molar-refractivity contribution >= 4 is 11.8 Å². The summed E-state index contributed by atoms with van der Waals surface area (Å²) < 4.78 is 40.9. The van der Waals surface area contributed by atoms with Crippen molar-refractivity contribution in [2.75, 3.05) is 13.1 Å². The zero-order chi connectivity index (χ0) is 17.4. The number of carbonyl (C=O) groups is 2. The Labute approximate surface area is 136 Å². The third-order valence-electron chi connectivity index (χ3n) is 4.25. The summed E-state index contributed by atoms with van der Waals surface area (Å²) in [5, 5.41) is 2.85. The van der Waals surface area contributed by atoms with Gasteiger partial charge in [-0.3, -0.25) is 9.59 Å².